The fourth-order valence-corrected chi connectivity index (χ4v) is 4.32. The Bertz CT molecular complexity index is 355. The number of carbonyl (C=O) groups excluding carboxylic acids is 1. The third-order valence-corrected chi connectivity index (χ3v) is 5.65. The van der Waals surface area contributed by atoms with E-state index in [1.807, 2.05) is 11.8 Å². The van der Waals surface area contributed by atoms with Gasteiger partial charge in [-0.3, -0.25) is 9.59 Å². The summed E-state index contributed by atoms with van der Waals surface area (Å²) >= 11 is 1.95. The van der Waals surface area contributed by atoms with E-state index in [9.17, 15) is 14.7 Å². The van der Waals surface area contributed by atoms with E-state index in [1.165, 1.54) is 0 Å². The van der Waals surface area contributed by atoms with Crippen molar-refractivity contribution in [2.24, 2.45) is 11.3 Å². The fourth-order valence-electron chi connectivity index (χ4n) is 3.12. The minimum Gasteiger partial charge on any atom is -0.481 e. The zero-order valence-corrected chi connectivity index (χ0v) is 12.3. The third kappa shape index (κ3) is 3.44. The van der Waals surface area contributed by atoms with Crippen molar-refractivity contribution in [2.45, 2.75) is 51.5 Å². The van der Waals surface area contributed by atoms with E-state index >= 15 is 0 Å². The van der Waals surface area contributed by atoms with E-state index in [0.29, 0.717) is 18.8 Å². The maximum Gasteiger partial charge on any atom is 0.311 e. The molecule has 2 atom stereocenters. The van der Waals surface area contributed by atoms with Gasteiger partial charge in [0, 0.05) is 12.5 Å². The Morgan fingerprint density at radius 1 is 1.32 bits per heavy atom. The molecule has 2 aliphatic rings. The van der Waals surface area contributed by atoms with Gasteiger partial charge in [0.05, 0.1) is 5.41 Å². The molecule has 1 amide bonds. The van der Waals surface area contributed by atoms with E-state index in [2.05, 4.69) is 5.32 Å². The first kappa shape index (κ1) is 14.7. The van der Waals surface area contributed by atoms with E-state index in [0.717, 1.165) is 37.2 Å². The highest BCUT2D eigenvalue weighted by molar-refractivity contribution is 7.99. The van der Waals surface area contributed by atoms with Crippen LogP contribution in [0, 0.1) is 11.3 Å². The Kier molecular flexibility index (Phi) is 4.76. The second kappa shape index (κ2) is 6.16. The van der Waals surface area contributed by atoms with Crippen LogP contribution < -0.4 is 5.32 Å². The zero-order valence-electron chi connectivity index (χ0n) is 11.5. The molecule has 19 heavy (non-hydrogen) atoms. The van der Waals surface area contributed by atoms with Gasteiger partial charge < -0.3 is 10.4 Å². The van der Waals surface area contributed by atoms with E-state index in [4.69, 9.17) is 0 Å². The molecule has 1 heterocycles. The molecule has 1 saturated carbocycles. The maximum absolute atomic E-state index is 12.1. The van der Waals surface area contributed by atoms with Crippen LogP contribution >= 0.6 is 11.8 Å². The molecule has 0 aromatic heterocycles. The molecule has 1 aliphatic carbocycles. The van der Waals surface area contributed by atoms with E-state index in [1.54, 1.807) is 6.92 Å². The van der Waals surface area contributed by atoms with Gasteiger partial charge in [0.25, 0.3) is 0 Å². The molecule has 1 aliphatic heterocycles. The Morgan fingerprint density at radius 3 is 2.63 bits per heavy atom. The third-order valence-electron chi connectivity index (χ3n) is 4.60. The number of aliphatic carboxylic acids is 1. The number of carboxylic acids is 1. The summed E-state index contributed by atoms with van der Waals surface area (Å²) in [6, 6.07) is -0.199. The average Bonchev–Trinajstić information content (AvgIpc) is 2.73. The van der Waals surface area contributed by atoms with Crippen LogP contribution in [0.25, 0.3) is 0 Å². The van der Waals surface area contributed by atoms with Gasteiger partial charge in [0.2, 0.25) is 5.91 Å². The maximum atomic E-state index is 12.1. The van der Waals surface area contributed by atoms with Gasteiger partial charge in [-0.1, -0.05) is 6.42 Å². The lowest BCUT2D eigenvalue weighted by atomic mass is 9.84. The summed E-state index contributed by atoms with van der Waals surface area (Å²) in [6.45, 7) is 1.75. The van der Waals surface area contributed by atoms with Crippen LogP contribution in [0.2, 0.25) is 0 Å². The molecule has 1 saturated heterocycles. The van der Waals surface area contributed by atoms with Crippen LogP contribution in [0.15, 0.2) is 0 Å². The number of thioether (sulfide) groups is 1. The zero-order chi connectivity index (χ0) is 13.9. The van der Waals surface area contributed by atoms with Crippen LogP contribution in [0.5, 0.6) is 0 Å². The molecule has 0 aromatic rings. The van der Waals surface area contributed by atoms with Crippen molar-refractivity contribution in [3.8, 4) is 0 Å². The first-order chi connectivity index (χ1) is 9.02. The lowest BCUT2D eigenvalue weighted by Gasteiger charge is -2.29. The van der Waals surface area contributed by atoms with E-state index in [-0.39, 0.29) is 11.9 Å². The van der Waals surface area contributed by atoms with Crippen molar-refractivity contribution in [1.29, 1.82) is 0 Å². The van der Waals surface area contributed by atoms with Crippen molar-refractivity contribution in [3.63, 3.8) is 0 Å². The van der Waals surface area contributed by atoms with Crippen molar-refractivity contribution >= 4 is 23.6 Å². The van der Waals surface area contributed by atoms with Crippen LogP contribution in [0.3, 0.4) is 0 Å². The minimum absolute atomic E-state index is 0.0382. The molecular weight excluding hydrogens is 262 g/mol. The summed E-state index contributed by atoms with van der Waals surface area (Å²) in [7, 11) is 0. The summed E-state index contributed by atoms with van der Waals surface area (Å²) in [5.74, 6) is 2.03. The molecule has 0 radical (unpaired) electrons. The summed E-state index contributed by atoms with van der Waals surface area (Å²) in [6.07, 6.45) is 5.11. The number of carboxylic acid groups (broad SMARTS) is 1. The summed E-state index contributed by atoms with van der Waals surface area (Å²) in [5, 5.41) is 12.3. The lowest BCUT2D eigenvalue weighted by Crippen LogP contribution is -2.47. The molecule has 2 fully saturated rings. The number of carbonyl (C=O) groups is 2. The predicted octanol–water partition coefficient (Wildman–Crippen LogP) is 2.28. The molecule has 0 bridgehead atoms. The lowest BCUT2D eigenvalue weighted by molar-refractivity contribution is -0.149. The topological polar surface area (TPSA) is 66.4 Å². The second-order valence-corrected chi connectivity index (χ2v) is 7.22. The van der Waals surface area contributed by atoms with Crippen molar-refractivity contribution in [3.05, 3.63) is 0 Å². The molecule has 2 rings (SSSR count). The number of hydrogen-bond donors (Lipinski definition) is 2. The van der Waals surface area contributed by atoms with Crippen LogP contribution in [-0.4, -0.2) is 34.5 Å². The van der Waals surface area contributed by atoms with Gasteiger partial charge in [-0.25, -0.2) is 0 Å². The van der Waals surface area contributed by atoms with Gasteiger partial charge in [-0.15, -0.1) is 0 Å². The predicted molar refractivity (Wildman–Crippen MR) is 76.2 cm³/mol. The van der Waals surface area contributed by atoms with Gasteiger partial charge in [-0.05, 0) is 50.0 Å². The first-order valence-corrected chi connectivity index (χ1v) is 8.28. The Hall–Kier alpha value is -0.710. The van der Waals surface area contributed by atoms with E-state index < -0.39 is 11.4 Å². The number of rotatable bonds is 4. The standard InChI is InChI=1S/C14H23NO3S/c1-14(13(17)18)6-2-3-11(14)15-12(16)9-10-4-7-19-8-5-10/h10-11H,2-9H2,1H3,(H,15,16)(H,17,18). The summed E-state index contributed by atoms with van der Waals surface area (Å²) in [4.78, 5) is 23.4. The highest BCUT2D eigenvalue weighted by Gasteiger charge is 2.45. The quantitative estimate of drug-likeness (QED) is 0.831. The normalized spacial score (nSPS) is 32.2. The highest BCUT2D eigenvalue weighted by atomic mass is 32.2. The number of hydrogen-bond acceptors (Lipinski definition) is 3. The smallest absolute Gasteiger partial charge is 0.311 e. The van der Waals surface area contributed by atoms with Crippen molar-refractivity contribution in [1.82, 2.24) is 5.32 Å². The molecule has 2 N–H and O–H groups in total. The summed E-state index contributed by atoms with van der Waals surface area (Å²) < 4.78 is 0. The molecular formula is C14H23NO3S. The van der Waals surface area contributed by atoms with Crippen LogP contribution in [0.1, 0.15) is 45.4 Å². The first-order valence-electron chi connectivity index (χ1n) is 7.13. The van der Waals surface area contributed by atoms with Gasteiger partial charge in [-0.2, -0.15) is 11.8 Å². The molecule has 2 unspecified atom stereocenters. The second-order valence-electron chi connectivity index (χ2n) is 5.99. The Labute approximate surface area is 118 Å². The molecule has 0 spiro atoms. The number of nitrogens with one attached hydrogen (secondary N) is 1. The number of amides is 1. The Balaban J connectivity index is 1.86. The largest absolute Gasteiger partial charge is 0.481 e. The van der Waals surface area contributed by atoms with Crippen molar-refractivity contribution in [2.75, 3.05) is 11.5 Å². The molecule has 5 heteroatoms. The monoisotopic (exact) mass is 285 g/mol. The van der Waals surface area contributed by atoms with Gasteiger partial charge >= 0.3 is 5.97 Å². The SMILES string of the molecule is CC1(C(=O)O)CCCC1NC(=O)CC1CCSCC1. The molecule has 108 valence electrons. The summed E-state index contributed by atoms with van der Waals surface area (Å²) in [5.41, 5.74) is -0.780. The minimum atomic E-state index is -0.788. The van der Waals surface area contributed by atoms with Crippen LogP contribution in [0.4, 0.5) is 0 Å². The van der Waals surface area contributed by atoms with Gasteiger partial charge in [0.15, 0.2) is 0 Å². The van der Waals surface area contributed by atoms with Crippen LogP contribution in [-0.2, 0) is 9.59 Å². The average molecular weight is 285 g/mol. The Morgan fingerprint density at radius 2 is 2.00 bits per heavy atom. The molecule has 4 nitrogen and oxygen atoms in total. The highest BCUT2D eigenvalue weighted by Crippen LogP contribution is 2.38. The fraction of sp³-hybridized carbons (Fsp3) is 0.857. The molecule has 0 aromatic carbocycles. The van der Waals surface area contributed by atoms with Crippen molar-refractivity contribution < 1.29 is 14.7 Å². The van der Waals surface area contributed by atoms with Gasteiger partial charge in [0.1, 0.15) is 0 Å².